The predicted octanol–water partition coefficient (Wildman–Crippen LogP) is 3.89. The monoisotopic (exact) mass is 301 g/mol. The second-order valence-corrected chi connectivity index (χ2v) is 4.91. The molecule has 1 aromatic carbocycles. The molecule has 0 aliphatic heterocycles. The van der Waals surface area contributed by atoms with Gasteiger partial charge in [0.2, 0.25) is 0 Å². The smallest absolute Gasteiger partial charge is 0.257 e. The standard InChI is InChI=1S/C16H16ClN3O/c1-3-7-19-13-8-12(9-18-10-13)16(21)20-15-6-4-5-14(17)11(15)2/h3-6,8-10,19H,1,7H2,2H3,(H,20,21). The lowest BCUT2D eigenvalue weighted by atomic mass is 10.2. The third kappa shape index (κ3) is 3.83. The van der Waals surface area contributed by atoms with E-state index in [-0.39, 0.29) is 5.91 Å². The average Bonchev–Trinajstić information content (AvgIpc) is 2.50. The van der Waals surface area contributed by atoms with Gasteiger partial charge in [0.25, 0.3) is 5.91 Å². The lowest BCUT2D eigenvalue weighted by molar-refractivity contribution is 0.102. The van der Waals surface area contributed by atoms with Gasteiger partial charge in [0.1, 0.15) is 0 Å². The van der Waals surface area contributed by atoms with Crippen LogP contribution in [0.3, 0.4) is 0 Å². The van der Waals surface area contributed by atoms with Gasteiger partial charge in [0.15, 0.2) is 0 Å². The molecule has 0 aliphatic rings. The molecule has 4 nitrogen and oxygen atoms in total. The van der Waals surface area contributed by atoms with Crippen LogP contribution in [-0.4, -0.2) is 17.4 Å². The van der Waals surface area contributed by atoms with E-state index in [0.717, 1.165) is 11.3 Å². The van der Waals surface area contributed by atoms with Crippen LogP contribution in [0.1, 0.15) is 15.9 Å². The number of carbonyl (C=O) groups is 1. The van der Waals surface area contributed by atoms with Gasteiger partial charge >= 0.3 is 0 Å². The van der Waals surface area contributed by atoms with Crippen molar-refractivity contribution in [3.8, 4) is 0 Å². The van der Waals surface area contributed by atoms with Gasteiger partial charge in [-0.1, -0.05) is 23.7 Å². The first-order valence-corrected chi connectivity index (χ1v) is 6.86. The Kier molecular flexibility index (Phi) is 4.95. The van der Waals surface area contributed by atoms with E-state index < -0.39 is 0 Å². The number of amides is 1. The minimum atomic E-state index is -0.227. The van der Waals surface area contributed by atoms with Crippen molar-refractivity contribution in [3.63, 3.8) is 0 Å². The zero-order valence-corrected chi connectivity index (χ0v) is 12.4. The number of hydrogen-bond acceptors (Lipinski definition) is 3. The molecule has 1 heterocycles. The Labute approximate surface area is 128 Å². The summed E-state index contributed by atoms with van der Waals surface area (Å²) in [5, 5.41) is 6.55. The highest BCUT2D eigenvalue weighted by Crippen LogP contribution is 2.23. The SMILES string of the molecule is C=CCNc1cncc(C(=O)Nc2cccc(Cl)c2C)c1. The molecule has 2 rings (SSSR count). The number of nitrogens with zero attached hydrogens (tertiary/aromatic N) is 1. The highest BCUT2D eigenvalue weighted by atomic mass is 35.5. The van der Waals surface area contributed by atoms with E-state index in [1.165, 1.54) is 6.20 Å². The molecule has 0 fully saturated rings. The van der Waals surface area contributed by atoms with Crippen molar-refractivity contribution in [2.45, 2.75) is 6.92 Å². The lowest BCUT2D eigenvalue weighted by Gasteiger charge is -2.10. The summed E-state index contributed by atoms with van der Waals surface area (Å²) < 4.78 is 0. The molecule has 0 saturated carbocycles. The summed E-state index contributed by atoms with van der Waals surface area (Å²) in [5.41, 5.74) is 2.77. The van der Waals surface area contributed by atoms with E-state index in [9.17, 15) is 4.79 Å². The summed E-state index contributed by atoms with van der Waals surface area (Å²) in [5.74, 6) is -0.227. The minimum absolute atomic E-state index is 0.227. The average molecular weight is 302 g/mol. The van der Waals surface area contributed by atoms with Crippen LogP contribution in [-0.2, 0) is 0 Å². The predicted molar refractivity (Wildman–Crippen MR) is 87.1 cm³/mol. The quantitative estimate of drug-likeness (QED) is 0.824. The Morgan fingerprint density at radius 2 is 2.24 bits per heavy atom. The fraction of sp³-hybridized carbons (Fsp3) is 0.125. The topological polar surface area (TPSA) is 54.0 Å². The number of rotatable bonds is 5. The van der Waals surface area contributed by atoms with Crippen molar-refractivity contribution in [2.75, 3.05) is 17.2 Å². The molecule has 21 heavy (non-hydrogen) atoms. The number of benzene rings is 1. The summed E-state index contributed by atoms with van der Waals surface area (Å²) in [6.07, 6.45) is 4.92. The Bertz CT molecular complexity index is 670. The number of carbonyl (C=O) groups excluding carboxylic acids is 1. The minimum Gasteiger partial charge on any atom is -0.380 e. The summed E-state index contributed by atoms with van der Waals surface area (Å²) >= 11 is 6.04. The van der Waals surface area contributed by atoms with Crippen LogP contribution >= 0.6 is 11.6 Å². The third-order valence-electron chi connectivity index (χ3n) is 2.97. The van der Waals surface area contributed by atoms with E-state index >= 15 is 0 Å². The van der Waals surface area contributed by atoms with Crippen LogP contribution in [0.5, 0.6) is 0 Å². The maximum Gasteiger partial charge on any atom is 0.257 e. The van der Waals surface area contributed by atoms with E-state index in [0.29, 0.717) is 22.8 Å². The summed E-state index contributed by atoms with van der Waals surface area (Å²) in [7, 11) is 0. The van der Waals surface area contributed by atoms with Crippen molar-refractivity contribution in [1.82, 2.24) is 4.98 Å². The van der Waals surface area contributed by atoms with Gasteiger partial charge in [-0.25, -0.2) is 0 Å². The van der Waals surface area contributed by atoms with Crippen molar-refractivity contribution in [2.24, 2.45) is 0 Å². The van der Waals surface area contributed by atoms with Gasteiger partial charge in [-0.2, -0.15) is 0 Å². The van der Waals surface area contributed by atoms with E-state index in [2.05, 4.69) is 22.2 Å². The molecule has 0 saturated heterocycles. The molecule has 108 valence electrons. The Hall–Kier alpha value is -2.33. The largest absolute Gasteiger partial charge is 0.380 e. The van der Waals surface area contributed by atoms with Crippen LogP contribution in [0.25, 0.3) is 0 Å². The van der Waals surface area contributed by atoms with Crippen LogP contribution in [0, 0.1) is 6.92 Å². The van der Waals surface area contributed by atoms with E-state index in [4.69, 9.17) is 11.6 Å². The van der Waals surface area contributed by atoms with E-state index in [1.807, 2.05) is 13.0 Å². The van der Waals surface area contributed by atoms with Crippen LogP contribution in [0.2, 0.25) is 5.02 Å². The van der Waals surface area contributed by atoms with Gasteiger partial charge in [-0.05, 0) is 30.7 Å². The second kappa shape index (κ2) is 6.90. The number of nitrogens with one attached hydrogen (secondary N) is 2. The van der Waals surface area contributed by atoms with Gasteiger partial charge in [0, 0.05) is 29.6 Å². The first-order chi connectivity index (χ1) is 10.1. The molecular formula is C16H16ClN3O. The molecule has 0 radical (unpaired) electrons. The summed E-state index contributed by atoms with van der Waals surface area (Å²) in [6, 6.07) is 7.14. The number of halogens is 1. The number of hydrogen-bond donors (Lipinski definition) is 2. The third-order valence-corrected chi connectivity index (χ3v) is 3.38. The highest BCUT2D eigenvalue weighted by Gasteiger charge is 2.10. The molecule has 0 atom stereocenters. The van der Waals surface area contributed by atoms with Crippen LogP contribution in [0.4, 0.5) is 11.4 Å². The zero-order chi connectivity index (χ0) is 15.2. The van der Waals surface area contributed by atoms with Crippen LogP contribution in [0.15, 0.2) is 49.3 Å². The van der Waals surface area contributed by atoms with Gasteiger partial charge in [-0.3, -0.25) is 9.78 Å². The lowest BCUT2D eigenvalue weighted by Crippen LogP contribution is -2.13. The maximum absolute atomic E-state index is 12.3. The van der Waals surface area contributed by atoms with E-state index in [1.54, 1.807) is 30.5 Å². The first kappa shape index (κ1) is 15.1. The fourth-order valence-corrected chi connectivity index (χ4v) is 1.96. The maximum atomic E-state index is 12.3. The summed E-state index contributed by atoms with van der Waals surface area (Å²) in [6.45, 7) is 6.10. The number of aromatic nitrogens is 1. The normalized spacial score (nSPS) is 10.0. The summed E-state index contributed by atoms with van der Waals surface area (Å²) in [4.78, 5) is 16.3. The van der Waals surface area contributed by atoms with Crippen LogP contribution < -0.4 is 10.6 Å². The molecular weight excluding hydrogens is 286 g/mol. The number of pyridine rings is 1. The zero-order valence-electron chi connectivity index (χ0n) is 11.7. The van der Waals surface area contributed by atoms with Crippen molar-refractivity contribution in [3.05, 3.63) is 65.5 Å². The second-order valence-electron chi connectivity index (χ2n) is 4.50. The van der Waals surface area contributed by atoms with Crippen molar-refractivity contribution >= 4 is 28.9 Å². The van der Waals surface area contributed by atoms with Gasteiger partial charge in [-0.15, -0.1) is 6.58 Å². The molecule has 1 amide bonds. The van der Waals surface area contributed by atoms with Crippen molar-refractivity contribution < 1.29 is 4.79 Å². The molecule has 1 aromatic heterocycles. The first-order valence-electron chi connectivity index (χ1n) is 6.48. The molecule has 0 unspecified atom stereocenters. The van der Waals surface area contributed by atoms with Crippen molar-refractivity contribution in [1.29, 1.82) is 0 Å². The molecule has 0 bridgehead atoms. The molecule has 0 spiro atoms. The Morgan fingerprint density at radius 3 is 3.00 bits per heavy atom. The Morgan fingerprint density at radius 1 is 1.43 bits per heavy atom. The molecule has 2 N–H and O–H groups in total. The van der Waals surface area contributed by atoms with Gasteiger partial charge < -0.3 is 10.6 Å². The Balaban J connectivity index is 2.16. The van der Waals surface area contributed by atoms with Gasteiger partial charge in [0.05, 0.1) is 11.3 Å². The fourth-order valence-electron chi connectivity index (χ4n) is 1.79. The number of anilines is 2. The molecule has 2 aromatic rings. The molecule has 0 aliphatic carbocycles. The molecule has 5 heteroatoms. The highest BCUT2D eigenvalue weighted by molar-refractivity contribution is 6.31.